The zero-order chi connectivity index (χ0) is 22.1. The maximum atomic E-state index is 11.4. The lowest BCUT2D eigenvalue weighted by Gasteiger charge is -2.26. The third-order valence-electron chi connectivity index (χ3n) is 5.55. The van der Waals surface area contributed by atoms with Crippen LogP contribution in [0.3, 0.4) is 0 Å². The first-order valence-corrected chi connectivity index (χ1v) is 11.1. The molecule has 0 aliphatic carbocycles. The van der Waals surface area contributed by atoms with Gasteiger partial charge in [-0.25, -0.2) is 4.79 Å². The van der Waals surface area contributed by atoms with Crippen LogP contribution >= 0.6 is 0 Å². The highest BCUT2D eigenvalue weighted by molar-refractivity contribution is 5.73. The number of fused-ring (bicyclic) bond motifs is 1. The molecule has 5 heteroatoms. The van der Waals surface area contributed by atoms with Gasteiger partial charge in [0.15, 0.2) is 6.10 Å². The van der Waals surface area contributed by atoms with Crippen LogP contribution < -0.4 is 14.2 Å². The Labute approximate surface area is 184 Å². The number of allylic oxidation sites excluding steroid dienone is 1. The van der Waals surface area contributed by atoms with Gasteiger partial charge in [0, 0.05) is 5.56 Å². The number of carbonyl (C=O) groups is 1. The molecule has 0 saturated heterocycles. The van der Waals surface area contributed by atoms with Gasteiger partial charge in [0.2, 0.25) is 0 Å². The van der Waals surface area contributed by atoms with Crippen molar-refractivity contribution in [2.75, 3.05) is 7.11 Å². The molecule has 0 amide bonds. The molecule has 1 unspecified atom stereocenters. The van der Waals surface area contributed by atoms with Gasteiger partial charge in [-0.1, -0.05) is 31.5 Å². The third kappa shape index (κ3) is 6.27. The van der Waals surface area contributed by atoms with E-state index in [0.717, 1.165) is 61.2 Å². The van der Waals surface area contributed by atoms with Gasteiger partial charge in [0.05, 0.1) is 13.4 Å². The Kier molecular flexibility index (Phi) is 8.39. The lowest BCUT2D eigenvalue weighted by atomic mass is 9.96. The number of unbranched alkanes of at least 4 members (excludes halogenated alkanes) is 2. The zero-order valence-corrected chi connectivity index (χ0v) is 18.4. The number of ether oxygens (including phenoxy) is 3. The predicted octanol–water partition coefficient (Wildman–Crippen LogP) is 5.73. The topological polar surface area (TPSA) is 65.0 Å². The maximum absolute atomic E-state index is 11.4. The molecule has 1 heterocycles. The van der Waals surface area contributed by atoms with E-state index in [9.17, 15) is 9.90 Å². The Morgan fingerprint density at radius 2 is 1.97 bits per heavy atom. The Hall–Kier alpha value is -2.95. The fourth-order valence-corrected chi connectivity index (χ4v) is 3.83. The minimum absolute atomic E-state index is 0.504. The molecule has 0 aromatic heterocycles. The number of carboxylic acid groups (broad SMARTS) is 1. The third-order valence-corrected chi connectivity index (χ3v) is 5.55. The van der Waals surface area contributed by atoms with Crippen molar-refractivity contribution in [3.8, 4) is 17.2 Å². The molecule has 31 heavy (non-hydrogen) atoms. The van der Waals surface area contributed by atoms with E-state index >= 15 is 0 Å². The van der Waals surface area contributed by atoms with E-state index < -0.39 is 12.1 Å². The molecule has 1 atom stereocenters. The summed E-state index contributed by atoms with van der Waals surface area (Å²) in [6.45, 7) is 2.10. The Morgan fingerprint density at radius 1 is 1.16 bits per heavy atom. The van der Waals surface area contributed by atoms with Gasteiger partial charge in [-0.2, -0.15) is 0 Å². The van der Waals surface area contributed by atoms with Gasteiger partial charge in [-0.3, -0.25) is 0 Å². The number of benzene rings is 2. The molecule has 1 N–H and O–H groups in total. The quantitative estimate of drug-likeness (QED) is 0.368. The van der Waals surface area contributed by atoms with Crippen LogP contribution in [0.4, 0.5) is 0 Å². The molecule has 0 radical (unpaired) electrons. The summed E-state index contributed by atoms with van der Waals surface area (Å²) >= 11 is 0. The van der Waals surface area contributed by atoms with Gasteiger partial charge in [-0.15, -0.1) is 0 Å². The van der Waals surface area contributed by atoms with E-state index in [2.05, 4.69) is 19.1 Å². The first-order chi connectivity index (χ1) is 15.1. The second-order valence-corrected chi connectivity index (χ2v) is 7.85. The second-order valence-electron chi connectivity index (χ2n) is 7.85. The average Bonchev–Trinajstić information content (AvgIpc) is 2.79. The maximum Gasteiger partial charge on any atom is 0.344 e. The highest BCUT2D eigenvalue weighted by atomic mass is 16.5. The first-order valence-electron chi connectivity index (χ1n) is 11.1. The van der Waals surface area contributed by atoms with Crippen molar-refractivity contribution in [3.05, 3.63) is 65.4 Å². The van der Waals surface area contributed by atoms with Crippen molar-refractivity contribution in [2.24, 2.45) is 0 Å². The van der Waals surface area contributed by atoms with E-state index in [1.807, 2.05) is 30.3 Å². The molecule has 1 aliphatic heterocycles. The highest BCUT2D eigenvalue weighted by Gasteiger charge is 2.28. The Bertz CT molecular complexity index is 885. The van der Waals surface area contributed by atoms with Crippen LogP contribution in [0.15, 0.2) is 48.7 Å². The SMILES string of the molecule is CCCc1c(OC=CCCCCc2ccc(OC)cc2)ccc2c1OC(C(=O)O)CC2. The summed E-state index contributed by atoms with van der Waals surface area (Å²) in [5.41, 5.74) is 3.35. The van der Waals surface area contributed by atoms with Crippen LogP contribution in [0.25, 0.3) is 0 Å². The first kappa shape index (κ1) is 22.7. The van der Waals surface area contributed by atoms with Crippen LogP contribution in [0, 0.1) is 0 Å². The zero-order valence-electron chi connectivity index (χ0n) is 18.4. The summed E-state index contributed by atoms with van der Waals surface area (Å²) in [6, 6.07) is 12.2. The summed E-state index contributed by atoms with van der Waals surface area (Å²) in [5, 5.41) is 9.32. The molecular formula is C26H32O5. The summed E-state index contributed by atoms with van der Waals surface area (Å²) in [5.74, 6) is 1.43. The molecule has 1 aliphatic rings. The highest BCUT2D eigenvalue weighted by Crippen LogP contribution is 2.38. The van der Waals surface area contributed by atoms with Crippen molar-refractivity contribution >= 4 is 5.97 Å². The van der Waals surface area contributed by atoms with E-state index in [1.54, 1.807) is 13.4 Å². The van der Waals surface area contributed by atoms with E-state index in [-0.39, 0.29) is 0 Å². The van der Waals surface area contributed by atoms with Crippen molar-refractivity contribution in [1.29, 1.82) is 0 Å². The van der Waals surface area contributed by atoms with Crippen molar-refractivity contribution in [2.45, 2.75) is 64.4 Å². The summed E-state index contributed by atoms with van der Waals surface area (Å²) < 4.78 is 16.9. The smallest absolute Gasteiger partial charge is 0.344 e. The van der Waals surface area contributed by atoms with Crippen LogP contribution in [-0.4, -0.2) is 24.3 Å². The fraction of sp³-hybridized carbons (Fsp3) is 0.423. The Balaban J connectivity index is 1.51. The molecule has 5 nitrogen and oxygen atoms in total. The minimum atomic E-state index is -0.908. The van der Waals surface area contributed by atoms with E-state index in [1.165, 1.54) is 5.56 Å². The largest absolute Gasteiger partial charge is 0.497 e. The van der Waals surface area contributed by atoms with Crippen LogP contribution in [0.2, 0.25) is 0 Å². The molecule has 0 fully saturated rings. The van der Waals surface area contributed by atoms with E-state index in [0.29, 0.717) is 18.6 Å². The molecule has 166 valence electrons. The minimum Gasteiger partial charge on any atom is -0.497 e. The van der Waals surface area contributed by atoms with Crippen molar-refractivity contribution < 1.29 is 24.1 Å². The lowest BCUT2D eigenvalue weighted by Crippen LogP contribution is -2.31. The number of hydrogen-bond donors (Lipinski definition) is 1. The number of methoxy groups -OCH3 is 1. The number of aliphatic carboxylic acids is 1. The fourth-order valence-electron chi connectivity index (χ4n) is 3.83. The molecule has 0 bridgehead atoms. The predicted molar refractivity (Wildman–Crippen MR) is 121 cm³/mol. The summed E-state index contributed by atoms with van der Waals surface area (Å²) in [7, 11) is 1.68. The molecular weight excluding hydrogens is 392 g/mol. The summed E-state index contributed by atoms with van der Waals surface area (Å²) in [4.78, 5) is 11.4. The standard InChI is InChI=1S/C26H32O5/c1-3-8-22-23(16-12-20-13-17-24(26(27)28)31-25(20)22)30-18-7-5-4-6-9-19-10-14-21(29-2)15-11-19/h7,10-12,14-16,18,24H,3-6,8-9,13,17H2,1-2H3,(H,27,28). The number of aryl methyl sites for hydroxylation is 2. The van der Waals surface area contributed by atoms with Crippen molar-refractivity contribution in [3.63, 3.8) is 0 Å². The van der Waals surface area contributed by atoms with Gasteiger partial charge in [0.1, 0.15) is 17.2 Å². The van der Waals surface area contributed by atoms with Gasteiger partial charge >= 0.3 is 5.97 Å². The van der Waals surface area contributed by atoms with Crippen LogP contribution in [0.1, 0.15) is 55.7 Å². The number of hydrogen-bond acceptors (Lipinski definition) is 4. The molecule has 0 spiro atoms. The van der Waals surface area contributed by atoms with Gasteiger partial charge in [0.25, 0.3) is 0 Å². The number of carboxylic acids is 1. The molecule has 0 saturated carbocycles. The van der Waals surface area contributed by atoms with Gasteiger partial charge < -0.3 is 19.3 Å². The van der Waals surface area contributed by atoms with Crippen molar-refractivity contribution in [1.82, 2.24) is 0 Å². The molecule has 2 aromatic rings. The van der Waals surface area contributed by atoms with Crippen LogP contribution in [0.5, 0.6) is 17.2 Å². The Morgan fingerprint density at radius 3 is 2.68 bits per heavy atom. The monoisotopic (exact) mass is 424 g/mol. The molecule has 2 aromatic carbocycles. The summed E-state index contributed by atoms with van der Waals surface area (Å²) in [6.07, 6.45) is 10.1. The van der Waals surface area contributed by atoms with Crippen LogP contribution in [-0.2, 0) is 24.1 Å². The number of rotatable bonds is 11. The lowest BCUT2D eigenvalue weighted by molar-refractivity contribution is -0.145. The van der Waals surface area contributed by atoms with E-state index in [4.69, 9.17) is 14.2 Å². The van der Waals surface area contributed by atoms with Gasteiger partial charge in [-0.05, 0) is 80.3 Å². The molecule has 3 rings (SSSR count). The second kappa shape index (κ2) is 11.4. The normalized spacial score (nSPS) is 15.4. The average molecular weight is 425 g/mol.